The fourth-order valence-corrected chi connectivity index (χ4v) is 4.10. The lowest BCUT2D eigenvalue weighted by Crippen LogP contribution is -2.46. The number of alkyl halides is 3. The summed E-state index contributed by atoms with van der Waals surface area (Å²) < 4.78 is 48.1. The lowest BCUT2D eigenvalue weighted by molar-refractivity contribution is -0.154. The summed E-state index contributed by atoms with van der Waals surface area (Å²) in [6.45, 7) is -1.83. The number of likely N-dealkylation sites (N-methyl/N-ethyl adjacent to an activating group) is 1. The molecule has 1 aromatic heterocycles. The zero-order valence-corrected chi connectivity index (χ0v) is 24.2. The molecule has 234 valence electrons. The molecule has 44 heavy (non-hydrogen) atoms. The molecule has 0 aliphatic heterocycles. The van der Waals surface area contributed by atoms with Gasteiger partial charge in [0, 0.05) is 30.0 Å². The van der Waals surface area contributed by atoms with Crippen LogP contribution in [-0.2, 0) is 24.7 Å². The number of rotatable bonds is 12. The quantitative estimate of drug-likeness (QED) is 0.146. The molecule has 2 amide bonds. The van der Waals surface area contributed by atoms with Gasteiger partial charge in [-0.25, -0.2) is 4.79 Å². The molecule has 0 radical (unpaired) electrons. The van der Waals surface area contributed by atoms with Crippen LogP contribution in [-0.4, -0.2) is 72.3 Å². The molecular weight excluding hydrogens is 609 g/mol. The Morgan fingerprint density at radius 1 is 0.955 bits per heavy atom. The van der Waals surface area contributed by atoms with Crippen LogP contribution in [0.2, 0.25) is 5.02 Å². The first-order chi connectivity index (χ1) is 20.9. The number of aromatic nitrogens is 3. The molecule has 1 aliphatic carbocycles. The van der Waals surface area contributed by atoms with E-state index in [-0.39, 0.29) is 18.4 Å². The molecule has 1 saturated carbocycles. The fraction of sp³-hybridized carbons (Fsp3) is 0.333. The second-order valence-corrected chi connectivity index (χ2v) is 10.0. The Morgan fingerprint density at radius 2 is 1.59 bits per heavy atom. The van der Waals surface area contributed by atoms with Gasteiger partial charge in [0.25, 0.3) is 0 Å². The van der Waals surface area contributed by atoms with Crippen molar-refractivity contribution in [2.24, 2.45) is 0 Å². The van der Waals surface area contributed by atoms with Gasteiger partial charge in [-0.15, -0.1) is 0 Å². The number of anilines is 4. The smallest absolute Gasteiger partial charge is 0.422 e. The number of nitrogens with zero attached hydrogens (tertiary/aromatic N) is 3. The first kappa shape index (κ1) is 32.1. The van der Waals surface area contributed by atoms with Crippen LogP contribution in [0, 0.1) is 0 Å². The Morgan fingerprint density at radius 3 is 2.18 bits per heavy atom. The number of hydrogen-bond donors (Lipinski definition) is 5. The van der Waals surface area contributed by atoms with Crippen LogP contribution in [0.4, 0.5) is 36.4 Å². The summed E-state index contributed by atoms with van der Waals surface area (Å²) in [7, 11) is 2.47. The number of halogens is 4. The second kappa shape index (κ2) is 13.6. The highest BCUT2D eigenvalue weighted by molar-refractivity contribution is 6.35. The molecule has 5 N–H and O–H groups in total. The number of ether oxygens (including phenoxy) is 2. The summed E-state index contributed by atoms with van der Waals surface area (Å²) >= 11 is 6.01. The Hall–Kier alpha value is -4.86. The van der Waals surface area contributed by atoms with Gasteiger partial charge >= 0.3 is 30.0 Å². The van der Waals surface area contributed by atoms with Gasteiger partial charge in [0.2, 0.25) is 11.9 Å². The molecule has 2 aromatic carbocycles. The molecule has 0 bridgehead atoms. The van der Waals surface area contributed by atoms with E-state index >= 15 is 0 Å². The molecule has 1 heterocycles. The number of hydrogen-bond acceptors (Lipinski definition) is 11. The summed E-state index contributed by atoms with van der Waals surface area (Å²) in [5.41, 5.74) is 1.28. The third-order valence-corrected chi connectivity index (χ3v) is 6.60. The first-order valence-corrected chi connectivity index (χ1v) is 13.5. The molecular formula is C27H28ClF3N8O5. The molecule has 1 unspecified atom stereocenters. The van der Waals surface area contributed by atoms with Gasteiger partial charge in [-0.1, -0.05) is 23.7 Å². The number of amides is 2. The van der Waals surface area contributed by atoms with Crippen LogP contribution in [0.15, 0.2) is 48.5 Å². The van der Waals surface area contributed by atoms with Crippen molar-refractivity contribution in [3.8, 4) is 6.01 Å². The van der Waals surface area contributed by atoms with E-state index in [1.54, 1.807) is 36.4 Å². The second-order valence-electron chi connectivity index (χ2n) is 9.59. The minimum atomic E-state index is -4.61. The van der Waals surface area contributed by atoms with Crippen LogP contribution < -0.4 is 31.3 Å². The molecule has 1 aliphatic rings. The zero-order chi connectivity index (χ0) is 31.9. The summed E-state index contributed by atoms with van der Waals surface area (Å²) in [6, 6.07) is 12.0. The third kappa shape index (κ3) is 8.82. The molecule has 3 aromatic rings. The molecule has 17 heteroatoms. The van der Waals surface area contributed by atoms with E-state index in [1.165, 1.54) is 14.2 Å². The van der Waals surface area contributed by atoms with Crippen molar-refractivity contribution < 1.29 is 37.0 Å². The summed E-state index contributed by atoms with van der Waals surface area (Å²) in [5.74, 6) is -2.56. The van der Waals surface area contributed by atoms with Gasteiger partial charge in [-0.05, 0) is 54.8 Å². The van der Waals surface area contributed by atoms with E-state index in [0.717, 1.165) is 18.4 Å². The highest BCUT2D eigenvalue weighted by Gasteiger charge is 2.45. The van der Waals surface area contributed by atoms with Gasteiger partial charge in [0.05, 0.1) is 12.6 Å². The number of methoxy groups -OCH3 is 1. The van der Waals surface area contributed by atoms with Crippen molar-refractivity contribution in [1.29, 1.82) is 0 Å². The van der Waals surface area contributed by atoms with Crippen molar-refractivity contribution in [3.05, 3.63) is 59.1 Å². The monoisotopic (exact) mass is 636 g/mol. The van der Waals surface area contributed by atoms with Crippen molar-refractivity contribution in [2.75, 3.05) is 43.3 Å². The van der Waals surface area contributed by atoms with Crippen LogP contribution >= 0.6 is 11.6 Å². The number of carbonyl (C=O) groups excluding carboxylic acids is 3. The lowest BCUT2D eigenvalue weighted by atomic mass is 10.1. The predicted molar refractivity (Wildman–Crippen MR) is 154 cm³/mol. The lowest BCUT2D eigenvalue weighted by Gasteiger charge is -2.19. The first-order valence-electron chi connectivity index (χ1n) is 13.1. The van der Waals surface area contributed by atoms with E-state index in [0.29, 0.717) is 16.4 Å². The van der Waals surface area contributed by atoms with Crippen molar-refractivity contribution >= 4 is 52.7 Å². The van der Waals surface area contributed by atoms with Gasteiger partial charge in [0.15, 0.2) is 6.61 Å². The SMILES string of the molecule is CNC(=O)C(=O)NCC(Nc1ccc(Nc2nc(NC3(c4ccc(Cl)cc4)CC3)nc(OCC(F)(F)F)n2)cc1)C(=O)OC. The van der Waals surface area contributed by atoms with E-state index < -0.39 is 48.2 Å². The number of nitrogens with one attached hydrogen (secondary N) is 5. The molecule has 1 atom stereocenters. The summed E-state index contributed by atoms with van der Waals surface area (Å²) in [5, 5.41) is 14.1. The van der Waals surface area contributed by atoms with Gasteiger partial charge in [0.1, 0.15) is 6.04 Å². The summed E-state index contributed by atoms with van der Waals surface area (Å²) in [4.78, 5) is 47.7. The average molecular weight is 637 g/mol. The maximum Gasteiger partial charge on any atom is 0.422 e. The molecule has 13 nitrogen and oxygen atoms in total. The number of benzene rings is 2. The Balaban J connectivity index is 1.49. The normalized spacial score (nSPS) is 14.0. The molecule has 0 spiro atoms. The van der Waals surface area contributed by atoms with E-state index in [2.05, 4.69) is 41.5 Å². The largest absolute Gasteiger partial charge is 0.467 e. The van der Waals surface area contributed by atoms with Crippen molar-refractivity contribution in [3.63, 3.8) is 0 Å². The molecule has 4 rings (SSSR count). The predicted octanol–water partition coefficient (Wildman–Crippen LogP) is 3.13. The highest BCUT2D eigenvalue weighted by atomic mass is 35.5. The standard InChI is InChI=1S/C27H28ClF3N8O5/c1-32-20(40)21(41)33-13-19(22(42)43-2)34-17-7-9-18(10-8-17)35-23-36-24(38-25(37-23)44-14-27(29,30)31)39-26(11-12-26)15-3-5-16(28)6-4-15/h3-10,19,34H,11-14H2,1-2H3,(H,32,40)(H,33,41)(H2,35,36,37,38,39). The minimum Gasteiger partial charge on any atom is -0.467 e. The van der Waals surface area contributed by atoms with Crippen LogP contribution in [0.1, 0.15) is 18.4 Å². The molecule has 0 saturated heterocycles. The van der Waals surface area contributed by atoms with Gasteiger partial charge in [-0.2, -0.15) is 28.1 Å². The van der Waals surface area contributed by atoms with E-state index in [1.807, 2.05) is 12.1 Å². The summed E-state index contributed by atoms with van der Waals surface area (Å²) in [6.07, 6.45) is -3.14. The Kier molecular flexibility index (Phi) is 9.93. The van der Waals surface area contributed by atoms with Crippen LogP contribution in [0.25, 0.3) is 0 Å². The Labute approximate surface area is 254 Å². The van der Waals surface area contributed by atoms with Crippen molar-refractivity contribution in [1.82, 2.24) is 25.6 Å². The highest BCUT2D eigenvalue weighted by Crippen LogP contribution is 2.48. The number of carbonyl (C=O) groups is 3. The molecule has 1 fully saturated rings. The van der Waals surface area contributed by atoms with Gasteiger partial charge in [-0.3, -0.25) is 9.59 Å². The van der Waals surface area contributed by atoms with E-state index in [4.69, 9.17) is 21.1 Å². The third-order valence-electron chi connectivity index (χ3n) is 6.35. The van der Waals surface area contributed by atoms with Crippen LogP contribution in [0.3, 0.4) is 0 Å². The van der Waals surface area contributed by atoms with Crippen molar-refractivity contribution in [2.45, 2.75) is 30.6 Å². The Bertz CT molecular complexity index is 1490. The zero-order valence-electron chi connectivity index (χ0n) is 23.4. The minimum absolute atomic E-state index is 0.00475. The fourth-order valence-electron chi connectivity index (χ4n) is 3.98. The maximum atomic E-state index is 12.9. The number of esters is 1. The average Bonchev–Trinajstić information content (AvgIpc) is 3.78. The van der Waals surface area contributed by atoms with Gasteiger partial charge < -0.3 is 36.1 Å². The van der Waals surface area contributed by atoms with Crippen LogP contribution in [0.5, 0.6) is 6.01 Å². The topological polar surface area (TPSA) is 168 Å². The maximum absolute atomic E-state index is 12.9. The van der Waals surface area contributed by atoms with E-state index in [9.17, 15) is 27.6 Å².